The summed E-state index contributed by atoms with van der Waals surface area (Å²) < 4.78 is 12.7. The number of carboxylic acid groups (broad SMARTS) is 1. The molecular weight excluding hydrogens is 263 g/mol. The molecule has 5 heteroatoms. The molecule has 106 valence electrons. The second kappa shape index (κ2) is 6.88. The van der Waals surface area contributed by atoms with Gasteiger partial charge in [-0.05, 0) is 18.4 Å². The summed E-state index contributed by atoms with van der Waals surface area (Å²) >= 11 is 0. The zero-order valence-electron chi connectivity index (χ0n) is 11.3. The third kappa shape index (κ3) is 3.92. The van der Waals surface area contributed by atoms with E-state index >= 15 is 0 Å². The minimum atomic E-state index is -3.57. The van der Waals surface area contributed by atoms with Gasteiger partial charge in [-0.3, -0.25) is 9.36 Å². The standard InChI is InChI=1S/C14H21O4P/c1-3-12(10-14(15)16)19(17,18)13(4-2)11-8-6-5-7-9-11/h5-9,12-13H,3-4,10H2,1-2H3,(H,15,16)(H,17,18). The number of benzene rings is 1. The molecule has 2 N–H and O–H groups in total. The van der Waals surface area contributed by atoms with Crippen LogP contribution in [0, 0.1) is 0 Å². The highest BCUT2D eigenvalue weighted by Gasteiger charge is 2.38. The number of aliphatic carboxylic acids is 1. The maximum atomic E-state index is 12.7. The van der Waals surface area contributed by atoms with Crippen LogP contribution < -0.4 is 0 Å². The van der Waals surface area contributed by atoms with Gasteiger partial charge >= 0.3 is 5.97 Å². The Morgan fingerprint density at radius 2 is 1.79 bits per heavy atom. The van der Waals surface area contributed by atoms with Crippen LogP contribution in [0.4, 0.5) is 0 Å². The van der Waals surface area contributed by atoms with E-state index in [0.29, 0.717) is 12.8 Å². The first kappa shape index (κ1) is 15.9. The van der Waals surface area contributed by atoms with Gasteiger partial charge in [-0.2, -0.15) is 0 Å². The molecule has 1 aromatic rings. The molecule has 0 radical (unpaired) electrons. The van der Waals surface area contributed by atoms with E-state index in [-0.39, 0.29) is 6.42 Å². The molecule has 0 saturated heterocycles. The number of hydrogen-bond acceptors (Lipinski definition) is 2. The normalized spacial score (nSPS) is 17.4. The molecule has 0 aromatic heterocycles. The van der Waals surface area contributed by atoms with E-state index in [0.717, 1.165) is 5.56 Å². The smallest absolute Gasteiger partial charge is 0.304 e. The molecule has 4 nitrogen and oxygen atoms in total. The molecule has 0 aliphatic rings. The van der Waals surface area contributed by atoms with Gasteiger partial charge in [0, 0.05) is 5.66 Å². The molecule has 1 aromatic carbocycles. The van der Waals surface area contributed by atoms with E-state index in [9.17, 15) is 14.3 Å². The topological polar surface area (TPSA) is 74.6 Å². The summed E-state index contributed by atoms with van der Waals surface area (Å²) in [4.78, 5) is 21.3. The highest BCUT2D eigenvalue weighted by Crippen LogP contribution is 2.62. The fourth-order valence-corrected chi connectivity index (χ4v) is 4.95. The Balaban J connectivity index is 3.07. The lowest BCUT2D eigenvalue weighted by Gasteiger charge is -2.28. The van der Waals surface area contributed by atoms with Crippen molar-refractivity contribution in [3.63, 3.8) is 0 Å². The summed E-state index contributed by atoms with van der Waals surface area (Å²) in [6, 6.07) is 9.16. The molecule has 0 saturated carbocycles. The molecule has 0 heterocycles. The monoisotopic (exact) mass is 284 g/mol. The number of hydrogen-bond donors (Lipinski definition) is 2. The lowest BCUT2D eigenvalue weighted by Crippen LogP contribution is -2.17. The average Bonchev–Trinajstić information content (AvgIpc) is 2.37. The highest BCUT2D eigenvalue weighted by atomic mass is 31.2. The van der Waals surface area contributed by atoms with Gasteiger partial charge in [0.05, 0.1) is 12.1 Å². The molecule has 1 rings (SSSR count). The maximum Gasteiger partial charge on any atom is 0.304 e. The maximum absolute atomic E-state index is 12.7. The van der Waals surface area contributed by atoms with Gasteiger partial charge in [0.1, 0.15) is 0 Å². The second-order valence-electron chi connectivity index (χ2n) is 4.67. The minimum absolute atomic E-state index is 0.256. The van der Waals surface area contributed by atoms with Crippen LogP contribution in [0.3, 0.4) is 0 Å². The van der Waals surface area contributed by atoms with E-state index in [1.54, 1.807) is 6.92 Å². The summed E-state index contributed by atoms with van der Waals surface area (Å²) in [5.74, 6) is -1.02. The Bertz CT molecular complexity index is 458. The fraction of sp³-hybridized carbons (Fsp3) is 0.500. The summed E-state index contributed by atoms with van der Waals surface area (Å²) in [5, 5.41) is 8.87. The Morgan fingerprint density at radius 3 is 2.21 bits per heavy atom. The van der Waals surface area contributed by atoms with Crippen molar-refractivity contribution in [2.45, 2.75) is 44.4 Å². The zero-order valence-corrected chi connectivity index (χ0v) is 12.2. The van der Waals surface area contributed by atoms with Crippen molar-refractivity contribution in [2.24, 2.45) is 0 Å². The van der Waals surface area contributed by atoms with E-state index in [4.69, 9.17) is 5.11 Å². The van der Waals surface area contributed by atoms with Gasteiger partial charge in [-0.1, -0.05) is 44.2 Å². The summed E-state index contributed by atoms with van der Waals surface area (Å²) in [6.07, 6.45) is 0.658. The van der Waals surface area contributed by atoms with Gasteiger partial charge in [-0.15, -0.1) is 0 Å². The van der Waals surface area contributed by atoms with Crippen LogP contribution in [0.25, 0.3) is 0 Å². The molecular formula is C14H21O4P. The van der Waals surface area contributed by atoms with E-state index in [1.807, 2.05) is 37.3 Å². The van der Waals surface area contributed by atoms with Crippen LogP contribution in [0.5, 0.6) is 0 Å². The molecule has 3 atom stereocenters. The molecule has 0 amide bonds. The van der Waals surface area contributed by atoms with Crippen molar-refractivity contribution >= 4 is 13.3 Å². The summed E-state index contributed by atoms with van der Waals surface area (Å²) in [5.41, 5.74) is -0.368. The molecule has 3 unspecified atom stereocenters. The Hall–Kier alpha value is -1.12. The van der Waals surface area contributed by atoms with Crippen molar-refractivity contribution < 1.29 is 19.4 Å². The highest BCUT2D eigenvalue weighted by molar-refractivity contribution is 7.59. The van der Waals surface area contributed by atoms with Crippen molar-refractivity contribution in [2.75, 3.05) is 0 Å². The average molecular weight is 284 g/mol. The number of carbonyl (C=O) groups is 1. The Labute approximate surface area is 113 Å². The lowest BCUT2D eigenvalue weighted by molar-refractivity contribution is -0.137. The Kier molecular flexibility index (Phi) is 5.77. The lowest BCUT2D eigenvalue weighted by atomic mass is 10.1. The first-order valence-electron chi connectivity index (χ1n) is 6.52. The van der Waals surface area contributed by atoms with Crippen LogP contribution in [-0.4, -0.2) is 21.6 Å². The van der Waals surface area contributed by atoms with Crippen molar-refractivity contribution in [1.29, 1.82) is 0 Å². The van der Waals surface area contributed by atoms with Crippen molar-refractivity contribution in [1.82, 2.24) is 0 Å². The predicted octanol–water partition coefficient (Wildman–Crippen LogP) is 3.66. The third-order valence-electron chi connectivity index (χ3n) is 3.42. The molecule has 19 heavy (non-hydrogen) atoms. The Morgan fingerprint density at radius 1 is 1.21 bits per heavy atom. The third-order valence-corrected chi connectivity index (χ3v) is 6.57. The number of rotatable bonds is 7. The molecule has 0 aliphatic heterocycles. The van der Waals surface area contributed by atoms with Crippen LogP contribution >= 0.6 is 7.37 Å². The van der Waals surface area contributed by atoms with E-state index < -0.39 is 24.7 Å². The molecule has 0 spiro atoms. The SMILES string of the molecule is CCC(CC(=O)O)P(=O)(O)C(CC)c1ccccc1. The summed E-state index contributed by atoms with van der Waals surface area (Å²) in [7, 11) is -3.57. The first-order valence-corrected chi connectivity index (χ1v) is 8.32. The molecule has 0 fully saturated rings. The van der Waals surface area contributed by atoms with E-state index in [1.165, 1.54) is 0 Å². The van der Waals surface area contributed by atoms with Gasteiger partial charge in [-0.25, -0.2) is 0 Å². The van der Waals surface area contributed by atoms with Gasteiger partial charge < -0.3 is 10.00 Å². The van der Waals surface area contributed by atoms with Crippen LogP contribution in [0.15, 0.2) is 30.3 Å². The van der Waals surface area contributed by atoms with Gasteiger partial charge in [0.15, 0.2) is 0 Å². The minimum Gasteiger partial charge on any atom is -0.481 e. The van der Waals surface area contributed by atoms with Crippen molar-refractivity contribution in [3.8, 4) is 0 Å². The first-order chi connectivity index (χ1) is 8.93. The van der Waals surface area contributed by atoms with Crippen LogP contribution in [0.1, 0.15) is 44.3 Å². The van der Waals surface area contributed by atoms with E-state index in [2.05, 4.69) is 0 Å². The van der Waals surface area contributed by atoms with Gasteiger partial charge in [0.25, 0.3) is 0 Å². The van der Waals surface area contributed by atoms with Gasteiger partial charge in [0.2, 0.25) is 7.37 Å². The second-order valence-corrected chi connectivity index (χ2v) is 7.37. The summed E-state index contributed by atoms with van der Waals surface area (Å²) in [6.45, 7) is 3.61. The quantitative estimate of drug-likeness (QED) is 0.749. The largest absolute Gasteiger partial charge is 0.481 e. The fourth-order valence-electron chi connectivity index (χ4n) is 2.38. The molecule has 0 aliphatic carbocycles. The number of carboxylic acids is 1. The van der Waals surface area contributed by atoms with Crippen molar-refractivity contribution in [3.05, 3.63) is 35.9 Å². The molecule has 0 bridgehead atoms. The zero-order chi connectivity index (χ0) is 14.5. The van der Waals surface area contributed by atoms with Crippen LogP contribution in [-0.2, 0) is 9.36 Å². The predicted molar refractivity (Wildman–Crippen MR) is 75.6 cm³/mol. The van der Waals surface area contributed by atoms with Crippen LogP contribution in [0.2, 0.25) is 0 Å².